The number of aliphatic carboxylic acids is 1. The van der Waals surface area contributed by atoms with Crippen LogP contribution in [0.15, 0.2) is 36.5 Å². The second-order valence-electron chi connectivity index (χ2n) is 5.97. The quantitative estimate of drug-likeness (QED) is 0.482. The van der Waals surface area contributed by atoms with Gasteiger partial charge >= 0.3 is 5.97 Å². The summed E-state index contributed by atoms with van der Waals surface area (Å²) in [5.41, 5.74) is 1.43. The molecule has 0 aliphatic rings. The minimum Gasteiger partial charge on any atom is -0.480 e. The maximum atomic E-state index is 11.7. The number of hydrazine groups is 1. The zero-order valence-electron chi connectivity index (χ0n) is 13.9. The molecule has 0 saturated heterocycles. The van der Waals surface area contributed by atoms with E-state index in [1.807, 2.05) is 31.2 Å². The molecule has 1 heterocycles. The number of fused-ring (bicyclic) bond motifs is 1. The van der Waals surface area contributed by atoms with Crippen LogP contribution in [0.1, 0.15) is 32.6 Å². The van der Waals surface area contributed by atoms with Crippen molar-refractivity contribution in [2.45, 2.75) is 38.6 Å². The number of nitrogens with two attached hydrogens (primary N) is 1. The van der Waals surface area contributed by atoms with Crippen molar-refractivity contribution >= 4 is 22.6 Å². The molecule has 2 aromatic rings. The third-order valence-electron chi connectivity index (χ3n) is 4.49. The largest absolute Gasteiger partial charge is 0.480 e. The molecule has 1 aromatic carbocycles. The number of aliphatic hydroxyl groups excluding tert-OH is 1. The van der Waals surface area contributed by atoms with Gasteiger partial charge in [-0.25, -0.2) is 10.6 Å². The summed E-state index contributed by atoms with van der Waals surface area (Å²) in [5.74, 6) is 5.54. The first-order valence-corrected chi connectivity index (χ1v) is 8.29. The van der Waals surface area contributed by atoms with Gasteiger partial charge in [-0.2, -0.15) is 0 Å². The Labute approximate surface area is 141 Å². The van der Waals surface area contributed by atoms with E-state index in [4.69, 9.17) is 10.9 Å². The summed E-state index contributed by atoms with van der Waals surface area (Å²) < 4.78 is 0. The number of para-hydroxylation sites is 1. The maximum absolute atomic E-state index is 11.7. The Hall–Kier alpha value is -2.18. The van der Waals surface area contributed by atoms with Crippen LogP contribution in [0.2, 0.25) is 0 Å². The van der Waals surface area contributed by atoms with Gasteiger partial charge in [-0.3, -0.25) is 9.99 Å². The van der Waals surface area contributed by atoms with E-state index in [1.165, 1.54) is 5.01 Å². The smallest absolute Gasteiger partial charge is 0.327 e. The highest BCUT2D eigenvalue weighted by atomic mass is 16.4. The summed E-state index contributed by atoms with van der Waals surface area (Å²) in [7, 11) is 0. The second-order valence-corrected chi connectivity index (χ2v) is 5.97. The second kappa shape index (κ2) is 8.61. The molecule has 0 aliphatic carbocycles. The lowest BCUT2D eigenvalue weighted by atomic mass is 9.94. The Bertz CT molecular complexity index is 672. The number of aliphatic hydroxyl groups is 1. The summed E-state index contributed by atoms with van der Waals surface area (Å²) in [5, 5.41) is 20.9. The third-order valence-corrected chi connectivity index (χ3v) is 4.49. The number of hydrogen-bond acceptors (Lipinski definition) is 5. The van der Waals surface area contributed by atoms with Gasteiger partial charge in [0, 0.05) is 18.2 Å². The number of carbonyl (C=O) groups is 1. The van der Waals surface area contributed by atoms with Crippen molar-refractivity contribution in [3.8, 4) is 0 Å². The summed E-state index contributed by atoms with van der Waals surface area (Å²) >= 11 is 0. The van der Waals surface area contributed by atoms with Gasteiger partial charge in [-0.1, -0.05) is 31.5 Å². The van der Waals surface area contributed by atoms with Crippen molar-refractivity contribution in [2.75, 3.05) is 11.6 Å². The highest BCUT2D eigenvalue weighted by Crippen LogP contribution is 2.27. The summed E-state index contributed by atoms with van der Waals surface area (Å²) in [6.07, 6.45) is 4.38. The number of benzene rings is 1. The molecule has 0 saturated carbocycles. The molecule has 130 valence electrons. The number of rotatable bonds is 9. The number of hydrogen-bond donors (Lipinski definition) is 3. The van der Waals surface area contributed by atoms with Crippen molar-refractivity contribution in [3.05, 3.63) is 36.5 Å². The molecule has 0 amide bonds. The highest BCUT2D eigenvalue weighted by molar-refractivity contribution is 5.93. The van der Waals surface area contributed by atoms with E-state index in [9.17, 15) is 9.90 Å². The van der Waals surface area contributed by atoms with Crippen molar-refractivity contribution in [1.29, 1.82) is 0 Å². The van der Waals surface area contributed by atoms with Crippen LogP contribution in [0, 0.1) is 5.92 Å². The minimum atomic E-state index is -0.947. The number of aromatic nitrogens is 1. The van der Waals surface area contributed by atoms with Crippen LogP contribution in [-0.2, 0) is 4.79 Å². The molecule has 2 atom stereocenters. The van der Waals surface area contributed by atoms with Crippen LogP contribution in [-0.4, -0.2) is 33.8 Å². The molecule has 2 rings (SSSR count). The van der Waals surface area contributed by atoms with Gasteiger partial charge in [0.2, 0.25) is 0 Å². The maximum Gasteiger partial charge on any atom is 0.327 e. The van der Waals surface area contributed by atoms with Crippen LogP contribution in [0.3, 0.4) is 0 Å². The van der Waals surface area contributed by atoms with E-state index < -0.39 is 12.0 Å². The van der Waals surface area contributed by atoms with Gasteiger partial charge in [-0.15, -0.1) is 0 Å². The monoisotopic (exact) mass is 331 g/mol. The van der Waals surface area contributed by atoms with Crippen LogP contribution in [0.4, 0.5) is 5.69 Å². The Morgan fingerprint density at radius 1 is 1.25 bits per heavy atom. The first-order chi connectivity index (χ1) is 11.6. The summed E-state index contributed by atoms with van der Waals surface area (Å²) in [6, 6.07) is 8.45. The molecule has 2 unspecified atom stereocenters. The van der Waals surface area contributed by atoms with Gasteiger partial charge in [0.05, 0.1) is 11.2 Å². The molecule has 24 heavy (non-hydrogen) atoms. The molecular formula is C18H25N3O3. The fourth-order valence-electron chi connectivity index (χ4n) is 2.98. The highest BCUT2D eigenvalue weighted by Gasteiger charge is 2.25. The van der Waals surface area contributed by atoms with Gasteiger partial charge in [0.1, 0.15) is 6.04 Å². The van der Waals surface area contributed by atoms with E-state index in [2.05, 4.69) is 4.98 Å². The number of anilines is 1. The first-order valence-electron chi connectivity index (χ1n) is 8.29. The van der Waals surface area contributed by atoms with Gasteiger partial charge < -0.3 is 10.2 Å². The van der Waals surface area contributed by atoms with Gasteiger partial charge in [0.15, 0.2) is 0 Å². The predicted octanol–water partition coefficient (Wildman–Crippen LogP) is 2.56. The van der Waals surface area contributed by atoms with E-state index in [0.717, 1.165) is 17.3 Å². The van der Waals surface area contributed by atoms with Crippen LogP contribution < -0.4 is 10.9 Å². The van der Waals surface area contributed by atoms with Crippen molar-refractivity contribution in [3.63, 3.8) is 0 Å². The van der Waals surface area contributed by atoms with Crippen LogP contribution in [0.25, 0.3) is 10.9 Å². The number of nitrogens with zero attached hydrogens (tertiary/aromatic N) is 2. The molecule has 1 aromatic heterocycles. The lowest BCUT2D eigenvalue weighted by molar-refractivity contribution is -0.138. The fourth-order valence-corrected chi connectivity index (χ4v) is 2.98. The standard InChI is InChI=1S/C18H25N3O3/c1-2-13(10-12-22)7-8-17(18(23)24)21(19)16-9-11-20-15-6-4-3-5-14(15)16/h3-6,9,11,13,17,22H,2,7-8,10,12,19H2,1H3,(H,23,24). The molecule has 0 aliphatic heterocycles. The van der Waals surface area contributed by atoms with E-state index in [1.54, 1.807) is 12.3 Å². The molecule has 0 bridgehead atoms. The van der Waals surface area contributed by atoms with Crippen molar-refractivity contribution in [1.82, 2.24) is 4.98 Å². The molecular weight excluding hydrogens is 306 g/mol. The van der Waals surface area contributed by atoms with E-state index in [-0.39, 0.29) is 6.61 Å². The first kappa shape index (κ1) is 18.2. The molecule has 0 radical (unpaired) electrons. The van der Waals surface area contributed by atoms with E-state index >= 15 is 0 Å². The Morgan fingerprint density at radius 2 is 2.00 bits per heavy atom. The zero-order valence-corrected chi connectivity index (χ0v) is 13.9. The minimum absolute atomic E-state index is 0.123. The fraction of sp³-hybridized carbons (Fsp3) is 0.444. The number of pyridine rings is 1. The molecule has 6 heteroatoms. The normalized spacial score (nSPS) is 13.6. The average molecular weight is 331 g/mol. The lowest BCUT2D eigenvalue weighted by Crippen LogP contribution is -2.46. The number of carboxylic acid groups (broad SMARTS) is 1. The summed E-state index contributed by atoms with van der Waals surface area (Å²) in [4.78, 5) is 16.0. The van der Waals surface area contributed by atoms with Gasteiger partial charge in [-0.05, 0) is 37.3 Å². The predicted molar refractivity (Wildman–Crippen MR) is 94.6 cm³/mol. The average Bonchev–Trinajstić information content (AvgIpc) is 2.60. The van der Waals surface area contributed by atoms with Crippen LogP contribution in [0.5, 0.6) is 0 Å². The van der Waals surface area contributed by atoms with Crippen molar-refractivity contribution < 1.29 is 15.0 Å². The van der Waals surface area contributed by atoms with E-state index in [0.29, 0.717) is 30.9 Å². The number of carboxylic acids is 1. The van der Waals surface area contributed by atoms with Crippen LogP contribution >= 0.6 is 0 Å². The van der Waals surface area contributed by atoms with Gasteiger partial charge in [0.25, 0.3) is 0 Å². The molecule has 0 fully saturated rings. The lowest BCUT2D eigenvalue weighted by Gasteiger charge is -2.28. The Kier molecular flexibility index (Phi) is 6.52. The summed E-state index contributed by atoms with van der Waals surface area (Å²) in [6.45, 7) is 2.17. The molecule has 4 N–H and O–H groups in total. The Morgan fingerprint density at radius 3 is 2.67 bits per heavy atom. The molecule has 6 nitrogen and oxygen atoms in total. The zero-order chi connectivity index (χ0) is 17.5. The topological polar surface area (TPSA) is 99.7 Å². The SMILES string of the molecule is CCC(CCO)CCC(C(=O)O)N(N)c1ccnc2ccccc12. The third kappa shape index (κ3) is 4.21. The molecule has 0 spiro atoms. The Balaban J connectivity index is 2.22. The van der Waals surface area contributed by atoms with Crippen molar-refractivity contribution in [2.24, 2.45) is 11.8 Å².